The van der Waals surface area contributed by atoms with Gasteiger partial charge in [0.2, 0.25) is 0 Å². The average Bonchev–Trinajstić information content (AvgIpc) is 2.80. The van der Waals surface area contributed by atoms with Crippen LogP contribution in [0.25, 0.3) is 11.3 Å². The number of phenolic OH excluding ortho intramolecular Hbond substituents is 1. The molecule has 2 rings (SSSR count). The van der Waals surface area contributed by atoms with E-state index in [0.29, 0.717) is 17.0 Å². The minimum Gasteiger partial charge on any atom is -0.504 e. The Balaban J connectivity index is 2.36. The molecule has 0 atom stereocenters. The Bertz CT molecular complexity index is 598. The Morgan fingerprint density at radius 2 is 2.21 bits per heavy atom. The van der Waals surface area contributed by atoms with Crippen molar-refractivity contribution in [3.8, 4) is 22.8 Å². The minimum absolute atomic E-state index is 0.298. The van der Waals surface area contributed by atoms with E-state index < -0.39 is 12.4 Å². The van der Waals surface area contributed by atoms with E-state index >= 15 is 0 Å². The normalized spacial score (nSPS) is 11.4. The molecule has 0 fully saturated rings. The van der Waals surface area contributed by atoms with Crippen molar-refractivity contribution in [2.75, 3.05) is 7.05 Å². The first-order chi connectivity index (χ1) is 9.11. The van der Waals surface area contributed by atoms with Gasteiger partial charge in [-0.1, -0.05) is 0 Å². The summed E-state index contributed by atoms with van der Waals surface area (Å²) in [5.74, 6) is -0.701. The molecule has 0 saturated carbocycles. The molecular formula is C11H10F2N4O2. The first kappa shape index (κ1) is 12.9. The van der Waals surface area contributed by atoms with Gasteiger partial charge in [0.05, 0.1) is 6.21 Å². The SMILES string of the molecule is CN=Cc1n[nH]nc1-c1ccc(OC(F)F)c(O)c1. The number of hydrogen-bond donors (Lipinski definition) is 2. The van der Waals surface area contributed by atoms with E-state index in [1.54, 1.807) is 7.05 Å². The molecule has 1 aromatic carbocycles. The van der Waals surface area contributed by atoms with E-state index in [-0.39, 0.29) is 5.75 Å². The first-order valence-corrected chi connectivity index (χ1v) is 5.23. The number of aromatic amines is 1. The third-order valence-electron chi connectivity index (χ3n) is 2.27. The molecule has 1 heterocycles. The number of hydrogen-bond acceptors (Lipinski definition) is 5. The number of nitrogens with zero attached hydrogens (tertiary/aromatic N) is 3. The Kier molecular flexibility index (Phi) is 3.69. The number of aliphatic imine (C=N–C) groups is 1. The van der Waals surface area contributed by atoms with E-state index in [2.05, 4.69) is 25.1 Å². The van der Waals surface area contributed by atoms with E-state index in [0.717, 1.165) is 0 Å². The second-order valence-electron chi connectivity index (χ2n) is 3.51. The maximum Gasteiger partial charge on any atom is 0.387 e. The van der Waals surface area contributed by atoms with Gasteiger partial charge in [0, 0.05) is 12.6 Å². The van der Waals surface area contributed by atoms with Crippen molar-refractivity contribution in [1.82, 2.24) is 15.4 Å². The fourth-order valence-electron chi connectivity index (χ4n) is 1.52. The maximum atomic E-state index is 12.1. The fraction of sp³-hybridized carbons (Fsp3) is 0.182. The van der Waals surface area contributed by atoms with Crippen molar-refractivity contribution in [2.45, 2.75) is 6.61 Å². The van der Waals surface area contributed by atoms with Crippen LogP contribution in [0.2, 0.25) is 0 Å². The van der Waals surface area contributed by atoms with Crippen LogP contribution in [-0.2, 0) is 0 Å². The Morgan fingerprint density at radius 1 is 1.42 bits per heavy atom. The first-order valence-electron chi connectivity index (χ1n) is 5.23. The number of aromatic hydroxyl groups is 1. The highest BCUT2D eigenvalue weighted by Crippen LogP contribution is 2.32. The number of alkyl halides is 2. The highest BCUT2D eigenvalue weighted by atomic mass is 19.3. The maximum absolute atomic E-state index is 12.1. The van der Waals surface area contributed by atoms with Crippen LogP contribution in [0, 0.1) is 0 Å². The number of halogens is 2. The van der Waals surface area contributed by atoms with Crippen LogP contribution < -0.4 is 4.74 Å². The van der Waals surface area contributed by atoms with Crippen molar-refractivity contribution >= 4 is 6.21 Å². The Morgan fingerprint density at radius 3 is 2.84 bits per heavy atom. The zero-order chi connectivity index (χ0) is 13.8. The molecule has 0 aliphatic carbocycles. The van der Waals surface area contributed by atoms with Crippen molar-refractivity contribution in [3.05, 3.63) is 23.9 Å². The number of phenols is 1. The lowest BCUT2D eigenvalue weighted by Gasteiger charge is -2.07. The molecule has 0 spiro atoms. The smallest absolute Gasteiger partial charge is 0.387 e. The summed E-state index contributed by atoms with van der Waals surface area (Å²) in [4.78, 5) is 3.81. The quantitative estimate of drug-likeness (QED) is 0.828. The molecule has 0 amide bonds. The largest absolute Gasteiger partial charge is 0.504 e. The van der Waals surface area contributed by atoms with Crippen molar-refractivity contribution in [1.29, 1.82) is 0 Å². The second kappa shape index (κ2) is 5.42. The molecule has 2 aromatic rings. The topological polar surface area (TPSA) is 83.4 Å². The monoisotopic (exact) mass is 268 g/mol. The van der Waals surface area contributed by atoms with E-state index in [1.807, 2.05) is 0 Å². The van der Waals surface area contributed by atoms with Gasteiger partial charge in [-0.25, -0.2) is 0 Å². The van der Waals surface area contributed by atoms with Gasteiger partial charge in [-0.3, -0.25) is 4.99 Å². The predicted molar refractivity (Wildman–Crippen MR) is 63.6 cm³/mol. The summed E-state index contributed by atoms with van der Waals surface area (Å²) in [5, 5.41) is 19.8. The van der Waals surface area contributed by atoms with Gasteiger partial charge in [-0.05, 0) is 18.2 Å². The van der Waals surface area contributed by atoms with Gasteiger partial charge >= 0.3 is 6.61 Å². The highest BCUT2D eigenvalue weighted by molar-refractivity contribution is 5.86. The molecule has 19 heavy (non-hydrogen) atoms. The minimum atomic E-state index is -2.99. The molecule has 0 aliphatic heterocycles. The van der Waals surface area contributed by atoms with Gasteiger partial charge in [0.25, 0.3) is 0 Å². The summed E-state index contributed by atoms with van der Waals surface area (Å²) in [5.41, 5.74) is 1.43. The Labute approximate surface area is 106 Å². The summed E-state index contributed by atoms with van der Waals surface area (Å²) in [6.45, 7) is -2.99. The third-order valence-corrected chi connectivity index (χ3v) is 2.27. The van der Waals surface area contributed by atoms with Gasteiger partial charge in [0.1, 0.15) is 11.4 Å². The zero-order valence-corrected chi connectivity index (χ0v) is 9.84. The summed E-state index contributed by atoms with van der Waals surface area (Å²) in [6, 6.07) is 3.99. The summed E-state index contributed by atoms with van der Waals surface area (Å²) in [6.07, 6.45) is 1.49. The van der Waals surface area contributed by atoms with Crippen LogP contribution in [0.15, 0.2) is 23.2 Å². The van der Waals surface area contributed by atoms with Gasteiger partial charge in [-0.2, -0.15) is 24.2 Å². The molecular weight excluding hydrogens is 258 g/mol. The van der Waals surface area contributed by atoms with E-state index in [9.17, 15) is 13.9 Å². The zero-order valence-electron chi connectivity index (χ0n) is 9.84. The standard InChI is InChI=1S/C11H10F2N4O2/c1-14-5-7-10(16-17-15-7)6-2-3-9(8(18)4-6)19-11(12)13/h2-5,11,18H,1H3,(H,15,16,17). The molecule has 0 aliphatic rings. The lowest BCUT2D eigenvalue weighted by Crippen LogP contribution is -2.02. The van der Waals surface area contributed by atoms with Gasteiger partial charge in [-0.15, -0.1) is 0 Å². The average molecular weight is 268 g/mol. The molecule has 1 aromatic heterocycles. The van der Waals surface area contributed by atoms with Crippen LogP contribution in [0.1, 0.15) is 5.69 Å². The molecule has 2 N–H and O–H groups in total. The number of aromatic nitrogens is 3. The van der Waals surface area contributed by atoms with Crippen molar-refractivity contribution in [2.24, 2.45) is 4.99 Å². The van der Waals surface area contributed by atoms with Crippen LogP contribution in [-0.4, -0.2) is 40.4 Å². The van der Waals surface area contributed by atoms with Gasteiger partial charge < -0.3 is 9.84 Å². The third kappa shape index (κ3) is 2.84. The van der Waals surface area contributed by atoms with Crippen LogP contribution in [0.4, 0.5) is 8.78 Å². The van der Waals surface area contributed by atoms with E-state index in [4.69, 9.17) is 0 Å². The van der Waals surface area contributed by atoms with E-state index in [1.165, 1.54) is 24.4 Å². The van der Waals surface area contributed by atoms with Crippen LogP contribution in [0.5, 0.6) is 11.5 Å². The molecule has 6 nitrogen and oxygen atoms in total. The summed E-state index contributed by atoms with van der Waals surface area (Å²) in [7, 11) is 1.58. The molecule has 0 unspecified atom stereocenters. The molecule has 100 valence electrons. The molecule has 0 radical (unpaired) electrons. The number of rotatable bonds is 4. The predicted octanol–water partition coefficient (Wildman–Crippen LogP) is 1.83. The lowest BCUT2D eigenvalue weighted by atomic mass is 10.1. The molecule has 8 heteroatoms. The molecule has 0 saturated heterocycles. The fourth-order valence-corrected chi connectivity index (χ4v) is 1.52. The molecule has 0 bridgehead atoms. The highest BCUT2D eigenvalue weighted by Gasteiger charge is 2.13. The number of nitrogens with one attached hydrogen (secondary N) is 1. The lowest BCUT2D eigenvalue weighted by molar-refractivity contribution is -0.0512. The number of ether oxygens (including phenoxy) is 1. The van der Waals surface area contributed by atoms with Crippen molar-refractivity contribution in [3.63, 3.8) is 0 Å². The Hall–Kier alpha value is -2.51. The number of benzene rings is 1. The van der Waals surface area contributed by atoms with Gasteiger partial charge in [0.15, 0.2) is 11.5 Å². The van der Waals surface area contributed by atoms with Crippen molar-refractivity contribution < 1.29 is 18.6 Å². The summed E-state index contributed by atoms with van der Waals surface area (Å²) < 4.78 is 28.3. The van der Waals surface area contributed by atoms with Crippen LogP contribution >= 0.6 is 0 Å². The summed E-state index contributed by atoms with van der Waals surface area (Å²) >= 11 is 0. The van der Waals surface area contributed by atoms with Crippen LogP contribution in [0.3, 0.4) is 0 Å². The number of H-pyrrole nitrogens is 1. The second-order valence-corrected chi connectivity index (χ2v) is 3.51.